The molecule has 0 fully saturated rings. The molecule has 0 bridgehead atoms. The summed E-state index contributed by atoms with van der Waals surface area (Å²) >= 11 is 0. The van der Waals surface area contributed by atoms with E-state index < -0.39 is 11.8 Å². The first-order chi connectivity index (χ1) is 13.2. The standard InChI is InChI=1S/C21H20F3NO3/c1-25(2)19(26)9-5-6-12-28-14-10-11-16-15-7-3-4-8-17(15)20(27,18(16)13-14)21(22,23)24/h4,8,10-11,13,27H,5-6,9,12H2,1-2H3. The van der Waals surface area contributed by atoms with Gasteiger partial charge >= 0.3 is 6.18 Å². The van der Waals surface area contributed by atoms with Crippen molar-refractivity contribution in [2.75, 3.05) is 20.7 Å². The van der Waals surface area contributed by atoms with Gasteiger partial charge in [-0.1, -0.05) is 12.1 Å². The van der Waals surface area contributed by atoms with Crippen LogP contribution in [0.3, 0.4) is 0 Å². The normalized spacial score (nSPS) is 17.5. The molecule has 0 heterocycles. The summed E-state index contributed by atoms with van der Waals surface area (Å²) in [6.07, 6.45) is -3.31. The van der Waals surface area contributed by atoms with E-state index in [-0.39, 0.29) is 40.5 Å². The number of hydrogen-bond donors (Lipinski definition) is 1. The summed E-state index contributed by atoms with van der Waals surface area (Å²) in [7, 11) is 3.36. The summed E-state index contributed by atoms with van der Waals surface area (Å²) in [4.78, 5) is 13.0. The fourth-order valence-electron chi connectivity index (χ4n) is 3.28. The number of carbonyl (C=O) groups excluding carboxylic acids is 1. The summed E-state index contributed by atoms with van der Waals surface area (Å²) in [6.45, 7) is 0.261. The van der Waals surface area contributed by atoms with Gasteiger partial charge in [0.25, 0.3) is 0 Å². The Bertz CT molecular complexity index is 879. The van der Waals surface area contributed by atoms with Crippen molar-refractivity contribution in [3.05, 3.63) is 53.6 Å². The maximum absolute atomic E-state index is 13.8. The van der Waals surface area contributed by atoms with Gasteiger partial charge in [0.15, 0.2) is 0 Å². The van der Waals surface area contributed by atoms with Crippen LogP contribution in [0, 0.1) is 12.1 Å². The molecule has 28 heavy (non-hydrogen) atoms. The first-order valence-corrected chi connectivity index (χ1v) is 8.86. The predicted molar refractivity (Wildman–Crippen MR) is 96.6 cm³/mol. The largest absolute Gasteiger partial charge is 0.494 e. The fraction of sp³-hybridized carbons (Fsp3) is 0.381. The van der Waals surface area contributed by atoms with E-state index in [0.717, 1.165) is 0 Å². The number of halogens is 3. The van der Waals surface area contributed by atoms with Gasteiger partial charge in [-0.3, -0.25) is 4.79 Å². The fourth-order valence-corrected chi connectivity index (χ4v) is 3.28. The molecule has 0 aliphatic heterocycles. The first kappa shape index (κ1) is 20.0. The Hall–Kier alpha value is -2.72. The lowest BCUT2D eigenvalue weighted by molar-refractivity contribution is -0.246. The zero-order chi connectivity index (χ0) is 20.5. The number of benzene rings is 1. The minimum Gasteiger partial charge on any atom is -0.494 e. The zero-order valence-corrected chi connectivity index (χ0v) is 15.6. The number of ether oxygens (including phenoxy) is 1. The van der Waals surface area contributed by atoms with Crippen LogP contribution in [0.4, 0.5) is 13.2 Å². The molecule has 148 valence electrons. The zero-order valence-electron chi connectivity index (χ0n) is 15.6. The van der Waals surface area contributed by atoms with Crippen LogP contribution in [0.1, 0.15) is 30.4 Å². The molecule has 1 unspecified atom stereocenters. The van der Waals surface area contributed by atoms with Crippen LogP contribution >= 0.6 is 0 Å². The van der Waals surface area contributed by atoms with Crippen LogP contribution in [0.25, 0.3) is 11.1 Å². The van der Waals surface area contributed by atoms with Gasteiger partial charge in [0, 0.05) is 37.2 Å². The molecule has 0 radical (unpaired) electrons. The lowest BCUT2D eigenvalue weighted by Crippen LogP contribution is -2.41. The van der Waals surface area contributed by atoms with Crippen molar-refractivity contribution in [1.29, 1.82) is 0 Å². The van der Waals surface area contributed by atoms with E-state index in [9.17, 15) is 23.1 Å². The van der Waals surface area contributed by atoms with Gasteiger partial charge in [0.2, 0.25) is 11.5 Å². The van der Waals surface area contributed by atoms with Crippen LogP contribution in [0.15, 0.2) is 30.3 Å². The summed E-state index contributed by atoms with van der Waals surface area (Å²) in [5, 5.41) is 10.6. The summed E-state index contributed by atoms with van der Waals surface area (Å²) in [6, 6.07) is 12.1. The van der Waals surface area contributed by atoms with Gasteiger partial charge in [0.05, 0.1) is 6.61 Å². The Kier molecular flexibility index (Phi) is 5.26. The summed E-state index contributed by atoms with van der Waals surface area (Å²) in [5.74, 6) is 0.246. The molecule has 7 heteroatoms. The maximum atomic E-state index is 13.8. The lowest BCUT2D eigenvalue weighted by atomic mass is 9.91. The topological polar surface area (TPSA) is 49.8 Å². The molecule has 2 aromatic carbocycles. The van der Waals surface area contributed by atoms with Gasteiger partial charge in [-0.2, -0.15) is 13.2 Å². The molecule has 0 saturated heterocycles. The molecular weight excluding hydrogens is 371 g/mol. The van der Waals surface area contributed by atoms with Crippen molar-refractivity contribution in [3.63, 3.8) is 0 Å². The Morgan fingerprint density at radius 1 is 1.21 bits per heavy atom. The highest BCUT2D eigenvalue weighted by Gasteiger charge is 2.61. The van der Waals surface area contributed by atoms with Crippen molar-refractivity contribution in [2.24, 2.45) is 0 Å². The summed E-state index contributed by atoms with van der Waals surface area (Å²) in [5.41, 5.74) is -3.19. The Morgan fingerprint density at radius 2 is 1.96 bits per heavy atom. The van der Waals surface area contributed by atoms with Gasteiger partial charge in [0.1, 0.15) is 5.75 Å². The average molecular weight is 391 g/mol. The second-order valence-electron chi connectivity index (χ2n) is 6.90. The van der Waals surface area contributed by atoms with E-state index in [0.29, 0.717) is 19.3 Å². The molecule has 4 nitrogen and oxygen atoms in total. The van der Waals surface area contributed by atoms with Crippen molar-refractivity contribution in [2.45, 2.75) is 31.0 Å². The minimum atomic E-state index is -4.90. The van der Waals surface area contributed by atoms with Gasteiger partial charge in [-0.05, 0) is 48.7 Å². The number of carbonyl (C=O) groups is 1. The third kappa shape index (κ3) is 3.40. The van der Waals surface area contributed by atoms with Crippen molar-refractivity contribution < 1.29 is 27.8 Å². The molecule has 1 atom stereocenters. The monoisotopic (exact) mass is 391 g/mol. The van der Waals surface area contributed by atoms with E-state index in [4.69, 9.17) is 4.74 Å². The number of aliphatic hydroxyl groups is 1. The molecule has 3 rings (SSSR count). The van der Waals surface area contributed by atoms with E-state index >= 15 is 0 Å². The number of amides is 1. The smallest absolute Gasteiger partial charge is 0.425 e. The van der Waals surface area contributed by atoms with E-state index in [2.05, 4.69) is 12.1 Å². The van der Waals surface area contributed by atoms with Gasteiger partial charge < -0.3 is 14.7 Å². The molecule has 0 saturated carbocycles. The predicted octanol–water partition coefficient (Wildman–Crippen LogP) is 3.70. The number of hydrogen-bond acceptors (Lipinski definition) is 3. The molecule has 1 amide bonds. The SMILES string of the molecule is CN(C)C(=O)CCCCOc1ccc2c(c1)C(O)(C(F)(F)F)c1ccc#cc1-2. The second kappa shape index (κ2) is 7.36. The van der Waals surface area contributed by atoms with E-state index in [1.807, 2.05) is 0 Å². The minimum absolute atomic E-state index is 0.0126. The molecule has 0 aromatic heterocycles. The highest BCUT2D eigenvalue weighted by atomic mass is 19.4. The summed E-state index contributed by atoms with van der Waals surface area (Å²) < 4.78 is 46.9. The molecule has 0 spiro atoms. The number of alkyl halides is 3. The molecule has 1 aliphatic rings. The highest BCUT2D eigenvalue weighted by Crippen LogP contribution is 2.54. The molecule has 1 N–H and O–H groups in total. The molecule has 1 aliphatic carbocycles. The first-order valence-electron chi connectivity index (χ1n) is 8.86. The highest BCUT2D eigenvalue weighted by molar-refractivity contribution is 5.80. The van der Waals surface area contributed by atoms with Crippen molar-refractivity contribution in [3.8, 4) is 16.9 Å². The van der Waals surface area contributed by atoms with Gasteiger partial charge in [-0.15, -0.1) is 0 Å². The Labute approximate surface area is 161 Å². The third-order valence-electron chi connectivity index (χ3n) is 4.80. The van der Waals surface area contributed by atoms with Crippen LogP contribution in [-0.4, -0.2) is 42.8 Å². The lowest BCUT2D eigenvalue weighted by Gasteiger charge is -2.28. The molecule has 2 aromatic rings. The van der Waals surface area contributed by atoms with Crippen LogP contribution in [0.5, 0.6) is 5.75 Å². The van der Waals surface area contributed by atoms with Crippen molar-refractivity contribution in [1.82, 2.24) is 4.90 Å². The quantitative estimate of drug-likeness (QED) is 0.764. The Morgan fingerprint density at radius 3 is 2.64 bits per heavy atom. The van der Waals surface area contributed by atoms with Gasteiger partial charge in [-0.25, -0.2) is 0 Å². The number of fused-ring (bicyclic) bond motifs is 3. The van der Waals surface area contributed by atoms with Crippen LogP contribution in [0.2, 0.25) is 0 Å². The second-order valence-corrected chi connectivity index (χ2v) is 6.90. The van der Waals surface area contributed by atoms with E-state index in [1.165, 1.54) is 29.2 Å². The van der Waals surface area contributed by atoms with Crippen LogP contribution in [-0.2, 0) is 10.4 Å². The van der Waals surface area contributed by atoms with E-state index in [1.54, 1.807) is 20.2 Å². The number of rotatable bonds is 6. The third-order valence-corrected chi connectivity index (χ3v) is 4.80. The van der Waals surface area contributed by atoms with Crippen molar-refractivity contribution >= 4 is 5.91 Å². The maximum Gasteiger partial charge on any atom is 0.425 e. The molecular formula is C21H20F3NO3. The number of nitrogens with zero attached hydrogens (tertiary/aromatic N) is 1. The number of unbranched alkanes of at least 4 members (excludes halogenated alkanes) is 1. The average Bonchev–Trinajstić information content (AvgIpc) is 2.91. The van der Waals surface area contributed by atoms with Crippen LogP contribution < -0.4 is 4.74 Å². The Balaban J connectivity index is 1.77.